The molecular formula is C48H34N4. The van der Waals surface area contributed by atoms with Gasteiger partial charge in [-0.05, 0) is 71.5 Å². The maximum Gasteiger partial charge on any atom is 0.160 e. The van der Waals surface area contributed by atoms with Gasteiger partial charge in [-0.1, -0.05) is 146 Å². The van der Waals surface area contributed by atoms with Gasteiger partial charge in [0.05, 0.1) is 22.4 Å². The molecule has 0 aliphatic rings. The molecule has 0 unspecified atom stereocenters. The van der Waals surface area contributed by atoms with Crippen LogP contribution in [0.3, 0.4) is 0 Å². The Balaban J connectivity index is 1.08. The smallest absolute Gasteiger partial charge is 0.160 e. The number of nitrogens with zero attached hydrogens (tertiary/aromatic N) is 4. The SMILES string of the molecule is Cc1ccc2ccc3c(-c4ccc(-c5cccc(-c6cc(-c7ccccc7)nc(-c7ccc(-c8ccccc8)cc7)n6)c5)cc4)cc(C)nc3c2n1. The third-order valence-electron chi connectivity index (χ3n) is 9.64. The molecule has 6 aromatic carbocycles. The van der Waals surface area contributed by atoms with Crippen LogP contribution in [0.1, 0.15) is 11.4 Å². The average Bonchev–Trinajstić information content (AvgIpc) is 3.21. The molecule has 0 N–H and O–H groups in total. The molecule has 0 saturated heterocycles. The van der Waals surface area contributed by atoms with E-state index in [4.69, 9.17) is 19.9 Å². The quantitative estimate of drug-likeness (QED) is 0.166. The topological polar surface area (TPSA) is 51.6 Å². The second-order valence-corrected chi connectivity index (χ2v) is 13.2. The highest BCUT2D eigenvalue weighted by Crippen LogP contribution is 2.35. The van der Waals surface area contributed by atoms with Gasteiger partial charge in [0.2, 0.25) is 0 Å². The molecule has 0 aliphatic carbocycles. The Morgan fingerprint density at radius 2 is 0.865 bits per heavy atom. The molecule has 4 nitrogen and oxygen atoms in total. The summed E-state index contributed by atoms with van der Waals surface area (Å²) in [7, 11) is 0. The number of aromatic nitrogens is 4. The van der Waals surface area contributed by atoms with Gasteiger partial charge in [-0.15, -0.1) is 0 Å². The van der Waals surface area contributed by atoms with Crippen LogP contribution in [0.2, 0.25) is 0 Å². The van der Waals surface area contributed by atoms with Crippen molar-refractivity contribution >= 4 is 21.8 Å². The first-order chi connectivity index (χ1) is 25.6. The minimum atomic E-state index is 0.698. The van der Waals surface area contributed by atoms with Gasteiger partial charge in [0.15, 0.2) is 5.82 Å². The van der Waals surface area contributed by atoms with Crippen LogP contribution in [-0.4, -0.2) is 19.9 Å². The van der Waals surface area contributed by atoms with Crippen LogP contribution in [-0.2, 0) is 0 Å². The molecule has 0 saturated carbocycles. The number of hydrogen-bond donors (Lipinski definition) is 0. The molecule has 0 spiro atoms. The molecule has 246 valence electrons. The number of benzene rings is 6. The minimum absolute atomic E-state index is 0.698. The number of hydrogen-bond acceptors (Lipinski definition) is 4. The normalized spacial score (nSPS) is 11.3. The zero-order valence-electron chi connectivity index (χ0n) is 29.0. The lowest BCUT2D eigenvalue weighted by Crippen LogP contribution is -1.96. The van der Waals surface area contributed by atoms with Crippen molar-refractivity contribution in [2.45, 2.75) is 13.8 Å². The van der Waals surface area contributed by atoms with Gasteiger partial charge in [0.1, 0.15) is 0 Å². The monoisotopic (exact) mass is 666 g/mol. The molecular weight excluding hydrogens is 633 g/mol. The zero-order valence-corrected chi connectivity index (χ0v) is 29.0. The second-order valence-electron chi connectivity index (χ2n) is 13.2. The first-order valence-electron chi connectivity index (χ1n) is 17.6. The van der Waals surface area contributed by atoms with Gasteiger partial charge >= 0.3 is 0 Å². The second kappa shape index (κ2) is 13.2. The highest BCUT2D eigenvalue weighted by molar-refractivity contribution is 6.08. The highest BCUT2D eigenvalue weighted by Gasteiger charge is 2.14. The molecule has 0 fully saturated rings. The van der Waals surface area contributed by atoms with Crippen LogP contribution < -0.4 is 0 Å². The lowest BCUT2D eigenvalue weighted by molar-refractivity contribution is 1.18. The van der Waals surface area contributed by atoms with Crippen LogP contribution >= 0.6 is 0 Å². The van der Waals surface area contributed by atoms with Crippen LogP contribution in [0, 0.1) is 13.8 Å². The van der Waals surface area contributed by atoms with E-state index >= 15 is 0 Å². The van der Waals surface area contributed by atoms with E-state index in [0.717, 1.165) is 89.1 Å². The van der Waals surface area contributed by atoms with E-state index in [1.165, 1.54) is 5.56 Å². The fraction of sp³-hybridized carbons (Fsp3) is 0.0417. The summed E-state index contributed by atoms with van der Waals surface area (Å²) >= 11 is 0. The Kier molecular flexibility index (Phi) is 7.90. The van der Waals surface area contributed by atoms with E-state index < -0.39 is 0 Å². The Morgan fingerprint density at radius 1 is 0.327 bits per heavy atom. The van der Waals surface area contributed by atoms with Gasteiger partial charge in [-0.3, -0.25) is 9.97 Å². The van der Waals surface area contributed by atoms with Gasteiger partial charge in [-0.25, -0.2) is 9.97 Å². The predicted molar refractivity (Wildman–Crippen MR) is 215 cm³/mol. The van der Waals surface area contributed by atoms with Crippen LogP contribution in [0.15, 0.2) is 170 Å². The van der Waals surface area contributed by atoms with Crippen molar-refractivity contribution in [3.8, 4) is 67.3 Å². The summed E-state index contributed by atoms with van der Waals surface area (Å²) in [6.45, 7) is 4.08. The lowest BCUT2D eigenvalue weighted by atomic mass is 9.95. The van der Waals surface area contributed by atoms with E-state index in [1.807, 2.05) is 31.2 Å². The number of fused-ring (bicyclic) bond motifs is 3. The Bertz CT molecular complexity index is 2720. The van der Waals surface area contributed by atoms with E-state index in [0.29, 0.717) is 5.82 Å². The van der Waals surface area contributed by atoms with E-state index in [1.54, 1.807) is 0 Å². The summed E-state index contributed by atoms with van der Waals surface area (Å²) < 4.78 is 0. The maximum absolute atomic E-state index is 5.13. The lowest BCUT2D eigenvalue weighted by Gasteiger charge is -2.12. The Hall–Kier alpha value is -6.78. The Morgan fingerprint density at radius 3 is 1.60 bits per heavy atom. The standard InChI is InChI=1S/C48H34N4/c1-31-16-17-38-26-27-42-43(28-32(2)50-47(42)46(38)49-31)36-22-18-35(19-23-36)40-14-9-15-41(29-40)45-30-44(37-12-7-4-8-13-37)51-48(52-45)39-24-20-34(21-25-39)33-10-5-3-6-11-33/h3-30H,1-2H3. The third kappa shape index (κ3) is 6.01. The Labute approximate surface area is 303 Å². The molecule has 0 atom stereocenters. The maximum atomic E-state index is 5.13. The average molecular weight is 667 g/mol. The number of rotatable bonds is 6. The molecule has 52 heavy (non-hydrogen) atoms. The molecule has 9 rings (SSSR count). The van der Waals surface area contributed by atoms with Crippen LogP contribution in [0.25, 0.3) is 89.1 Å². The molecule has 0 amide bonds. The molecule has 0 bridgehead atoms. The summed E-state index contributed by atoms with van der Waals surface area (Å²) in [5.41, 5.74) is 15.6. The van der Waals surface area contributed by atoms with Crippen molar-refractivity contribution < 1.29 is 0 Å². The largest absolute Gasteiger partial charge is 0.251 e. The van der Waals surface area contributed by atoms with Crippen molar-refractivity contribution in [2.24, 2.45) is 0 Å². The number of pyridine rings is 2. The van der Waals surface area contributed by atoms with Crippen molar-refractivity contribution in [2.75, 3.05) is 0 Å². The van der Waals surface area contributed by atoms with E-state index in [2.05, 4.69) is 153 Å². The summed E-state index contributed by atoms with van der Waals surface area (Å²) in [6, 6.07) is 59.4. The predicted octanol–water partition coefficient (Wildman–Crippen LogP) is 12.2. The molecule has 4 heteroatoms. The van der Waals surface area contributed by atoms with Crippen LogP contribution in [0.4, 0.5) is 0 Å². The summed E-state index contributed by atoms with van der Waals surface area (Å²) in [5.74, 6) is 0.698. The molecule has 3 aromatic heterocycles. The first kappa shape index (κ1) is 31.2. The van der Waals surface area contributed by atoms with Gasteiger partial charge < -0.3 is 0 Å². The summed E-state index contributed by atoms with van der Waals surface area (Å²) in [4.78, 5) is 20.0. The van der Waals surface area contributed by atoms with Crippen molar-refractivity contribution in [3.63, 3.8) is 0 Å². The van der Waals surface area contributed by atoms with E-state index in [9.17, 15) is 0 Å². The minimum Gasteiger partial charge on any atom is -0.251 e. The third-order valence-corrected chi connectivity index (χ3v) is 9.64. The van der Waals surface area contributed by atoms with E-state index in [-0.39, 0.29) is 0 Å². The zero-order chi connectivity index (χ0) is 35.0. The summed E-state index contributed by atoms with van der Waals surface area (Å²) in [6.07, 6.45) is 0. The van der Waals surface area contributed by atoms with Crippen molar-refractivity contribution in [1.29, 1.82) is 0 Å². The fourth-order valence-corrected chi connectivity index (χ4v) is 6.96. The molecule has 9 aromatic rings. The van der Waals surface area contributed by atoms with Crippen molar-refractivity contribution in [3.05, 3.63) is 181 Å². The first-order valence-corrected chi connectivity index (χ1v) is 17.6. The molecule has 0 radical (unpaired) electrons. The molecule has 3 heterocycles. The highest BCUT2D eigenvalue weighted by atomic mass is 14.9. The molecule has 0 aliphatic heterocycles. The fourth-order valence-electron chi connectivity index (χ4n) is 6.96. The number of aryl methyl sites for hydroxylation is 2. The van der Waals surface area contributed by atoms with Gasteiger partial charge in [0.25, 0.3) is 0 Å². The van der Waals surface area contributed by atoms with Crippen molar-refractivity contribution in [1.82, 2.24) is 19.9 Å². The summed E-state index contributed by atoms with van der Waals surface area (Å²) in [5, 5.41) is 2.21. The van der Waals surface area contributed by atoms with Gasteiger partial charge in [-0.2, -0.15) is 0 Å². The van der Waals surface area contributed by atoms with Crippen LogP contribution in [0.5, 0.6) is 0 Å². The van der Waals surface area contributed by atoms with Gasteiger partial charge in [0, 0.05) is 38.9 Å².